The maximum Gasteiger partial charge on any atom is 0.270 e. The smallest absolute Gasteiger partial charge is 0.270 e. The lowest BCUT2D eigenvalue weighted by Crippen LogP contribution is -2.36. The molecule has 36 heavy (non-hydrogen) atoms. The number of amides is 1. The van der Waals surface area contributed by atoms with Crippen molar-refractivity contribution in [3.05, 3.63) is 74.2 Å². The van der Waals surface area contributed by atoms with E-state index in [1.54, 1.807) is 0 Å². The van der Waals surface area contributed by atoms with Gasteiger partial charge in [-0.2, -0.15) is 0 Å². The van der Waals surface area contributed by atoms with Crippen LogP contribution in [0.15, 0.2) is 53.0 Å². The molecule has 1 N–H and O–H groups in total. The van der Waals surface area contributed by atoms with Crippen molar-refractivity contribution in [2.45, 2.75) is 56.0 Å². The summed E-state index contributed by atoms with van der Waals surface area (Å²) in [5.41, 5.74) is 3.18. The van der Waals surface area contributed by atoms with E-state index in [4.69, 9.17) is 23.2 Å². The van der Waals surface area contributed by atoms with Gasteiger partial charge in [-0.15, -0.1) is 21.5 Å². The molecule has 1 fully saturated rings. The van der Waals surface area contributed by atoms with E-state index < -0.39 is 0 Å². The lowest BCUT2D eigenvalue weighted by molar-refractivity contribution is 0.0923. The molecule has 0 spiro atoms. The molecule has 1 amide bonds. The highest BCUT2D eigenvalue weighted by atomic mass is 35.5. The third kappa shape index (κ3) is 5.62. The van der Waals surface area contributed by atoms with Crippen LogP contribution in [0, 0.1) is 6.92 Å². The minimum atomic E-state index is -0.0897. The number of thioether (sulfide) groups is 1. The molecule has 0 radical (unpaired) electrons. The van der Waals surface area contributed by atoms with Gasteiger partial charge >= 0.3 is 0 Å². The van der Waals surface area contributed by atoms with Crippen LogP contribution in [0.2, 0.25) is 10.0 Å². The molecule has 5 rings (SSSR count). The predicted molar refractivity (Wildman–Crippen MR) is 148 cm³/mol. The number of carbonyl (C=O) groups excluding carboxylic acids is 1. The summed E-state index contributed by atoms with van der Waals surface area (Å²) in [6, 6.07) is 13.6. The number of hydrogen-bond acceptors (Lipinski definition) is 6. The van der Waals surface area contributed by atoms with Crippen LogP contribution in [-0.4, -0.2) is 31.7 Å². The zero-order valence-electron chi connectivity index (χ0n) is 19.7. The standard InChI is InChI=1S/C26H25Cl2N5OS2/c1-16-11-12-17(27)13-22(16)33-24(19-9-5-6-10-20(19)28)31-32-26(33)36-15-23-30-21(14-35-23)25(34)29-18-7-3-2-4-8-18/h5-6,9-14,18H,2-4,7-8,15H2,1H3,(H,29,34). The number of halogens is 2. The molecule has 1 aliphatic carbocycles. The van der Waals surface area contributed by atoms with Gasteiger partial charge in [-0.3, -0.25) is 9.36 Å². The lowest BCUT2D eigenvalue weighted by Gasteiger charge is -2.22. The van der Waals surface area contributed by atoms with Crippen molar-refractivity contribution in [2.24, 2.45) is 0 Å². The zero-order chi connectivity index (χ0) is 25.1. The first kappa shape index (κ1) is 25.3. The van der Waals surface area contributed by atoms with Crippen LogP contribution in [0.5, 0.6) is 0 Å². The van der Waals surface area contributed by atoms with Crippen molar-refractivity contribution >= 4 is 52.2 Å². The quantitative estimate of drug-likeness (QED) is 0.240. The van der Waals surface area contributed by atoms with Gasteiger partial charge in [0.15, 0.2) is 11.0 Å². The summed E-state index contributed by atoms with van der Waals surface area (Å²) in [5, 5.41) is 16.7. The second kappa shape index (κ2) is 11.3. The molecule has 0 saturated heterocycles. The normalized spacial score (nSPS) is 14.2. The van der Waals surface area contributed by atoms with Crippen molar-refractivity contribution < 1.29 is 4.79 Å². The van der Waals surface area contributed by atoms with E-state index in [9.17, 15) is 4.79 Å². The van der Waals surface area contributed by atoms with Gasteiger partial charge in [0.05, 0.1) is 16.5 Å². The summed E-state index contributed by atoms with van der Waals surface area (Å²) in [6.07, 6.45) is 5.69. The molecule has 0 bridgehead atoms. The topological polar surface area (TPSA) is 72.7 Å². The number of hydrogen-bond donors (Lipinski definition) is 1. The van der Waals surface area contributed by atoms with E-state index in [2.05, 4.69) is 20.5 Å². The molecule has 1 aliphatic rings. The average molecular weight is 559 g/mol. The maximum absolute atomic E-state index is 12.7. The van der Waals surface area contributed by atoms with Gasteiger partial charge in [-0.05, 0) is 49.6 Å². The highest BCUT2D eigenvalue weighted by Gasteiger charge is 2.21. The first-order valence-electron chi connectivity index (χ1n) is 11.8. The highest BCUT2D eigenvalue weighted by Crippen LogP contribution is 2.35. The van der Waals surface area contributed by atoms with Gasteiger partial charge in [-0.25, -0.2) is 4.98 Å². The number of aryl methyl sites for hydroxylation is 1. The molecule has 0 aliphatic heterocycles. The van der Waals surface area contributed by atoms with Gasteiger partial charge in [0.25, 0.3) is 5.91 Å². The number of nitrogens with zero attached hydrogens (tertiary/aromatic N) is 4. The zero-order valence-corrected chi connectivity index (χ0v) is 22.9. The molecule has 6 nitrogen and oxygen atoms in total. The second-order valence-corrected chi connectivity index (χ2v) is 11.5. The average Bonchev–Trinajstić information content (AvgIpc) is 3.52. The minimum Gasteiger partial charge on any atom is -0.348 e. The van der Waals surface area contributed by atoms with Crippen LogP contribution in [0.1, 0.15) is 53.2 Å². The molecule has 2 aromatic carbocycles. The lowest BCUT2D eigenvalue weighted by atomic mass is 9.95. The molecule has 2 heterocycles. The summed E-state index contributed by atoms with van der Waals surface area (Å²) in [6.45, 7) is 2.02. The van der Waals surface area contributed by atoms with E-state index in [1.807, 2.05) is 59.3 Å². The summed E-state index contributed by atoms with van der Waals surface area (Å²) >= 11 is 15.9. The van der Waals surface area contributed by atoms with E-state index in [0.717, 1.165) is 34.7 Å². The fourth-order valence-corrected chi connectivity index (χ4v) is 6.46. The van der Waals surface area contributed by atoms with Crippen LogP contribution in [0.25, 0.3) is 17.1 Å². The van der Waals surface area contributed by atoms with E-state index in [-0.39, 0.29) is 11.9 Å². The van der Waals surface area contributed by atoms with Gasteiger partial charge in [0.1, 0.15) is 10.7 Å². The third-order valence-corrected chi connectivity index (χ3v) is 8.75. The van der Waals surface area contributed by atoms with E-state index >= 15 is 0 Å². The van der Waals surface area contributed by atoms with Crippen molar-refractivity contribution in [1.82, 2.24) is 25.1 Å². The van der Waals surface area contributed by atoms with Gasteiger partial charge in [-0.1, -0.05) is 72.4 Å². The first-order valence-corrected chi connectivity index (χ1v) is 14.5. The van der Waals surface area contributed by atoms with Crippen LogP contribution >= 0.6 is 46.3 Å². The number of nitrogens with one attached hydrogen (secondary N) is 1. The number of thiazole rings is 1. The Labute approximate surface area is 228 Å². The summed E-state index contributed by atoms with van der Waals surface area (Å²) < 4.78 is 1.98. The SMILES string of the molecule is Cc1ccc(Cl)cc1-n1c(SCc2nc(C(=O)NC3CCCCC3)cs2)nnc1-c1ccccc1Cl. The van der Waals surface area contributed by atoms with Crippen LogP contribution in [0.3, 0.4) is 0 Å². The Bertz CT molecular complexity index is 1380. The number of benzene rings is 2. The largest absolute Gasteiger partial charge is 0.348 e. The Morgan fingerprint density at radius 2 is 1.94 bits per heavy atom. The van der Waals surface area contributed by atoms with E-state index in [0.29, 0.717) is 32.5 Å². The fourth-order valence-electron chi connectivity index (χ4n) is 4.34. The van der Waals surface area contributed by atoms with E-state index in [1.165, 1.54) is 42.4 Å². The molecule has 0 unspecified atom stereocenters. The predicted octanol–water partition coefficient (Wildman–Crippen LogP) is 7.36. The Kier molecular flexibility index (Phi) is 7.96. The fraction of sp³-hybridized carbons (Fsp3) is 0.308. The number of carbonyl (C=O) groups is 1. The maximum atomic E-state index is 12.7. The summed E-state index contributed by atoms with van der Waals surface area (Å²) in [7, 11) is 0. The number of rotatable bonds is 7. The first-order chi connectivity index (χ1) is 17.5. The Morgan fingerprint density at radius 1 is 1.14 bits per heavy atom. The van der Waals surface area contributed by atoms with Crippen molar-refractivity contribution in [3.63, 3.8) is 0 Å². The molecule has 0 atom stereocenters. The molecule has 10 heteroatoms. The molecule has 186 valence electrons. The summed E-state index contributed by atoms with van der Waals surface area (Å²) in [4.78, 5) is 17.3. The molecular formula is C26H25Cl2N5OS2. The molecular weight excluding hydrogens is 533 g/mol. The van der Waals surface area contributed by atoms with Gasteiger partial charge < -0.3 is 5.32 Å². The van der Waals surface area contributed by atoms with Crippen LogP contribution < -0.4 is 5.32 Å². The minimum absolute atomic E-state index is 0.0897. The monoisotopic (exact) mass is 557 g/mol. The highest BCUT2D eigenvalue weighted by molar-refractivity contribution is 7.98. The Balaban J connectivity index is 1.39. The molecule has 1 saturated carbocycles. The Morgan fingerprint density at radius 3 is 2.75 bits per heavy atom. The molecule has 2 aromatic heterocycles. The third-order valence-electron chi connectivity index (χ3n) is 6.21. The van der Waals surface area contributed by atoms with Crippen molar-refractivity contribution in [3.8, 4) is 17.1 Å². The number of aromatic nitrogens is 4. The van der Waals surface area contributed by atoms with Crippen molar-refractivity contribution in [2.75, 3.05) is 0 Å². The van der Waals surface area contributed by atoms with Crippen LogP contribution in [0.4, 0.5) is 0 Å². The molecule has 4 aromatic rings. The summed E-state index contributed by atoms with van der Waals surface area (Å²) in [5.74, 6) is 1.11. The van der Waals surface area contributed by atoms with Crippen molar-refractivity contribution in [1.29, 1.82) is 0 Å². The van der Waals surface area contributed by atoms with Gasteiger partial charge in [0, 0.05) is 22.0 Å². The van der Waals surface area contributed by atoms with Crippen LogP contribution in [-0.2, 0) is 5.75 Å². The second-order valence-electron chi connectivity index (χ2n) is 8.78. The van der Waals surface area contributed by atoms with Gasteiger partial charge in [0.2, 0.25) is 0 Å². The Hall–Kier alpha value is -2.39.